The zero-order valence-electron chi connectivity index (χ0n) is 17.9. The number of fused-ring (bicyclic) bond motifs is 1. The monoisotopic (exact) mass is 421 g/mol. The molecule has 4 rings (SSSR count). The lowest BCUT2D eigenvalue weighted by Gasteiger charge is -2.40. The van der Waals surface area contributed by atoms with Crippen molar-refractivity contribution in [1.29, 1.82) is 0 Å². The summed E-state index contributed by atoms with van der Waals surface area (Å²) in [5.41, 5.74) is 1.69. The fourth-order valence-corrected chi connectivity index (χ4v) is 4.07. The van der Waals surface area contributed by atoms with Crippen LogP contribution in [0.25, 0.3) is 0 Å². The Morgan fingerprint density at radius 2 is 1.77 bits per heavy atom. The molecule has 162 valence electrons. The molecule has 0 saturated carbocycles. The van der Waals surface area contributed by atoms with Crippen LogP contribution in [0.2, 0.25) is 0 Å². The molecule has 0 spiro atoms. The summed E-state index contributed by atoms with van der Waals surface area (Å²) in [6, 6.07) is 7.91. The highest BCUT2D eigenvalue weighted by atomic mass is 16.2. The molecule has 0 bridgehead atoms. The molecule has 3 N–H and O–H groups in total. The Morgan fingerprint density at radius 1 is 1.03 bits per heavy atom. The predicted octanol–water partition coefficient (Wildman–Crippen LogP) is 2.62. The summed E-state index contributed by atoms with van der Waals surface area (Å²) in [6.45, 7) is 8.78. The summed E-state index contributed by atoms with van der Waals surface area (Å²) < 4.78 is 0. The number of aromatic nitrogens is 2. The van der Waals surface area contributed by atoms with Crippen LogP contribution in [0.5, 0.6) is 0 Å². The molecule has 3 heterocycles. The third-order valence-corrected chi connectivity index (χ3v) is 5.67. The summed E-state index contributed by atoms with van der Waals surface area (Å²) in [5.74, 6) is 1.21. The number of aryl methyl sites for hydroxylation is 1. The molecule has 0 atom stereocenters. The molecule has 0 aliphatic carbocycles. The lowest BCUT2D eigenvalue weighted by Crippen LogP contribution is -2.50. The molecule has 2 aliphatic rings. The minimum Gasteiger partial charge on any atom is -0.327 e. The van der Waals surface area contributed by atoms with Crippen LogP contribution in [-0.2, 0) is 17.6 Å². The minimum absolute atomic E-state index is 0.128. The molecule has 0 radical (unpaired) electrons. The fourth-order valence-electron chi connectivity index (χ4n) is 4.07. The first kappa shape index (κ1) is 20.7. The molecule has 0 fully saturated rings. The molecule has 2 aromatic rings. The lowest BCUT2D eigenvalue weighted by molar-refractivity contribution is -0.126. The van der Waals surface area contributed by atoms with E-state index in [2.05, 4.69) is 35.7 Å². The van der Waals surface area contributed by atoms with Gasteiger partial charge in [-0.2, -0.15) is 0 Å². The summed E-state index contributed by atoms with van der Waals surface area (Å²) in [7, 11) is 0. The number of nitrogens with zero attached hydrogens (tertiary/aromatic N) is 2. The number of rotatable bonds is 6. The van der Waals surface area contributed by atoms with E-state index in [1.807, 2.05) is 24.3 Å². The van der Waals surface area contributed by atoms with Gasteiger partial charge in [-0.25, -0.2) is 4.79 Å². The Hall–Kier alpha value is -3.55. The minimum atomic E-state index is -0.592. The second-order valence-corrected chi connectivity index (χ2v) is 7.87. The van der Waals surface area contributed by atoms with Gasteiger partial charge in [0.1, 0.15) is 17.5 Å². The number of amides is 1. The van der Waals surface area contributed by atoms with Crippen LogP contribution in [0.4, 0.5) is 11.5 Å². The number of anilines is 2. The smallest absolute Gasteiger partial charge is 0.327 e. The van der Waals surface area contributed by atoms with Gasteiger partial charge in [0.2, 0.25) is 0 Å². The van der Waals surface area contributed by atoms with E-state index in [9.17, 15) is 14.4 Å². The second kappa shape index (κ2) is 8.29. The molecule has 8 heteroatoms. The maximum atomic E-state index is 13.3. The Kier molecular flexibility index (Phi) is 5.54. The van der Waals surface area contributed by atoms with Gasteiger partial charge >= 0.3 is 5.69 Å². The summed E-state index contributed by atoms with van der Waals surface area (Å²) in [6.07, 6.45) is 3.92. The van der Waals surface area contributed by atoms with Crippen LogP contribution in [0, 0.1) is 0 Å². The van der Waals surface area contributed by atoms with Crippen molar-refractivity contribution in [1.82, 2.24) is 20.2 Å². The van der Waals surface area contributed by atoms with Crippen LogP contribution >= 0.6 is 0 Å². The lowest BCUT2D eigenvalue weighted by atomic mass is 9.98. The molecule has 0 unspecified atom stereocenters. The molecular weight excluding hydrogens is 394 g/mol. The number of unbranched alkanes of at least 4 members (excludes halogenated alkanes) is 1. The van der Waals surface area contributed by atoms with Crippen molar-refractivity contribution in [2.24, 2.45) is 0 Å². The highest BCUT2D eigenvalue weighted by molar-refractivity contribution is 5.99. The van der Waals surface area contributed by atoms with E-state index in [-0.39, 0.29) is 12.3 Å². The Labute approximate surface area is 180 Å². The number of carbonyl (C=O) groups is 1. The Bertz CT molecular complexity index is 1170. The highest BCUT2D eigenvalue weighted by Crippen LogP contribution is 2.38. The van der Waals surface area contributed by atoms with Gasteiger partial charge in [0, 0.05) is 18.7 Å². The number of hydrogen-bond donors (Lipinski definition) is 3. The van der Waals surface area contributed by atoms with Gasteiger partial charge in [0.15, 0.2) is 0 Å². The van der Waals surface area contributed by atoms with Crippen molar-refractivity contribution < 1.29 is 4.79 Å². The van der Waals surface area contributed by atoms with Crippen LogP contribution in [0.15, 0.2) is 57.6 Å². The van der Waals surface area contributed by atoms with E-state index >= 15 is 0 Å². The van der Waals surface area contributed by atoms with Gasteiger partial charge in [-0.05, 0) is 30.5 Å². The maximum absolute atomic E-state index is 13.3. The number of aromatic amines is 2. The van der Waals surface area contributed by atoms with E-state index in [4.69, 9.17) is 0 Å². The highest BCUT2D eigenvalue weighted by Gasteiger charge is 2.38. The van der Waals surface area contributed by atoms with Crippen molar-refractivity contribution in [3.05, 3.63) is 80.0 Å². The standard InChI is InChI=1S/C23H27N5O3/c1-4-6-12-27-14(3)24-20-18(22(27)30)13-17-19(25-23(31)26-21(17)29)28(20)16-10-8-15(7-5-2)9-11-16/h8-11,24H,3-7,12-13H2,1-2H3,(H2,25,26,29,31). The van der Waals surface area contributed by atoms with Crippen LogP contribution in [-0.4, -0.2) is 27.3 Å². The quantitative estimate of drug-likeness (QED) is 0.666. The first-order valence-corrected chi connectivity index (χ1v) is 10.7. The van der Waals surface area contributed by atoms with E-state index < -0.39 is 11.2 Å². The molecule has 8 nitrogen and oxygen atoms in total. The van der Waals surface area contributed by atoms with Crippen LogP contribution in [0.3, 0.4) is 0 Å². The van der Waals surface area contributed by atoms with Gasteiger partial charge in [0.25, 0.3) is 11.5 Å². The van der Waals surface area contributed by atoms with E-state index in [0.29, 0.717) is 35.1 Å². The zero-order valence-corrected chi connectivity index (χ0v) is 17.9. The summed E-state index contributed by atoms with van der Waals surface area (Å²) in [5, 5.41) is 3.26. The maximum Gasteiger partial charge on any atom is 0.327 e. The van der Waals surface area contributed by atoms with Gasteiger partial charge in [0.05, 0.1) is 11.1 Å². The molecular formula is C23H27N5O3. The second-order valence-electron chi connectivity index (χ2n) is 7.87. The van der Waals surface area contributed by atoms with E-state index in [1.165, 1.54) is 5.56 Å². The number of nitrogens with one attached hydrogen (secondary N) is 3. The molecule has 1 amide bonds. The third-order valence-electron chi connectivity index (χ3n) is 5.67. The SMILES string of the molecule is C=C1NC2=C(Cc3c([nH]c(=O)[nH]c3=O)N2c2ccc(CCC)cc2)C(=O)N1CCCC. The number of carbonyl (C=O) groups excluding carboxylic acids is 1. The molecule has 31 heavy (non-hydrogen) atoms. The Morgan fingerprint density at radius 3 is 2.45 bits per heavy atom. The summed E-state index contributed by atoms with van der Waals surface area (Å²) >= 11 is 0. The first-order chi connectivity index (χ1) is 14.9. The number of hydrogen-bond acceptors (Lipinski definition) is 5. The average molecular weight is 422 g/mol. The van der Waals surface area contributed by atoms with Crippen molar-refractivity contribution in [3.8, 4) is 0 Å². The average Bonchev–Trinajstić information content (AvgIpc) is 2.74. The van der Waals surface area contributed by atoms with Crippen molar-refractivity contribution >= 4 is 17.4 Å². The third kappa shape index (κ3) is 3.69. The first-order valence-electron chi connectivity index (χ1n) is 10.7. The van der Waals surface area contributed by atoms with Gasteiger partial charge in [-0.3, -0.25) is 29.4 Å². The van der Waals surface area contributed by atoms with E-state index in [0.717, 1.165) is 31.4 Å². The van der Waals surface area contributed by atoms with Gasteiger partial charge < -0.3 is 5.32 Å². The number of benzene rings is 1. The number of H-pyrrole nitrogens is 2. The molecule has 2 aliphatic heterocycles. The molecule has 1 aromatic heterocycles. The Balaban J connectivity index is 1.86. The molecule has 0 saturated heterocycles. The van der Waals surface area contributed by atoms with Crippen molar-refractivity contribution in [3.63, 3.8) is 0 Å². The van der Waals surface area contributed by atoms with Crippen molar-refractivity contribution in [2.45, 2.75) is 46.0 Å². The van der Waals surface area contributed by atoms with E-state index in [1.54, 1.807) is 9.80 Å². The normalized spacial score (nSPS) is 15.7. The van der Waals surface area contributed by atoms with Crippen LogP contribution in [0.1, 0.15) is 44.2 Å². The van der Waals surface area contributed by atoms with Crippen molar-refractivity contribution in [2.75, 3.05) is 11.4 Å². The van der Waals surface area contributed by atoms with Gasteiger partial charge in [-0.1, -0.05) is 45.4 Å². The summed E-state index contributed by atoms with van der Waals surface area (Å²) in [4.78, 5) is 46.4. The van der Waals surface area contributed by atoms with Gasteiger partial charge in [-0.15, -0.1) is 0 Å². The van der Waals surface area contributed by atoms with Crippen LogP contribution < -0.4 is 21.5 Å². The largest absolute Gasteiger partial charge is 0.327 e. The fraction of sp³-hybridized carbons (Fsp3) is 0.348. The topological polar surface area (TPSA) is 101 Å². The molecule has 1 aromatic carbocycles. The predicted molar refractivity (Wildman–Crippen MR) is 120 cm³/mol. The zero-order chi connectivity index (χ0) is 22.1.